The molecule has 0 spiro atoms. The molecule has 1 unspecified atom stereocenters. The van der Waals surface area contributed by atoms with Crippen LogP contribution < -0.4 is 5.32 Å². The molecule has 2 nitrogen and oxygen atoms in total. The van der Waals surface area contributed by atoms with Crippen LogP contribution in [0, 0.1) is 5.41 Å². The van der Waals surface area contributed by atoms with Gasteiger partial charge in [-0.1, -0.05) is 30.7 Å². The minimum Gasteiger partial charge on any atom is -0.316 e. The smallest absolute Gasteiger partial charge is 0.0409 e. The van der Waals surface area contributed by atoms with Gasteiger partial charge >= 0.3 is 0 Å². The first-order chi connectivity index (χ1) is 9.13. The van der Waals surface area contributed by atoms with E-state index in [0.29, 0.717) is 5.41 Å². The van der Waals surface area contributed by atoms with Gasteiger partial charge in [0.15, 0.2) is 0 Å². The van der Waals surface area contributed by atoms with Crippen LogP contribution in [0.1, 0.15) is 31.7 Å². The van der Waals surface area contributed by atoms with Gasteiger partial charge in [0, 0.05) is 24.7 Å². The molecule has 0 aromatic heterocycles. The summed E-state index contributed by atoms with van der Waals surface area (Å²) < 4.78 is 0. The zero-order valence-corrected chi connectivity index (χ0v) is 12.8. The van der Waals surface area contributed by atoms with E-state index < -0.39 is 0 Å². The zero-order valence-electron chi connectivity index (χ0n) is 12.1. The maximum atomic E-state index is 6.05. The third kappa shape index (κ3) is 4.20. The first-order valence-electron chi connectivity index (χ1n) is 7.27. The highest BCUT2D eigenvalue weighted by atomic mass is 35.5. The van der Waals surface area contributed by atoms with Gasteiger partial charge in [-0.2, -0.15) is 0 Å². The summed E-state index contributed by atoms with van der Waals surface area (Å²) in [5, 5.41) is 4.39. The van der Waals surface area contributed by atoms with Crippen molar-refractivity contribution in [2.75, 3.05) is 26.7 Å². The van der Waals surface area contributed by atoms with E-state index in [1.807, 2.05) is 12.1 Å². The van der Waals surface area contributed by atoms with E-state index in [1.54, 1.807) is 0 Å². The maximum absolute atomic E-state index is 6.05. The molecule has 1 heterocycles. The number of hydrogen-bond acceptors (Lipinski definition) is 2. The fourth-order valence-electron chi connectivity index (χ4n) is 3.15. The highest BCUT2D eigenvalue weighted by molar-refractivity contribution is 6.30. The fraction of sp³-hybridized carbons (Fsp3) is 0.625. The van der Waals surface area contributed by atoms with E-state index in [2.05, 4.69) is 36.3 Å². The van der Waals surface area contributed by atoms with E-state index in [9.17, 15) is 0 Å². The maximum Gasteiger partial charge on any atom is 0.0409 e. The molecule has 1 aliphatic heterocycles. The molecule has 0 radical (unpaired) electrons. The number of nitrogens with zero attached hydrogens (tertiary/aromatic N) is 1. The zero-order chi connectivity index (χ0) is 13.7. The standard InChI is InChI=1S/C16H25ClN2/c1-3-16(8-5-9-18-12-16)13-19(2)11-14-6-4-7-15(17)10-14/h4,6-7,10,18H,3,5,8-9,11-13H2,1-2H3. The van der Waals surface area contributed by atoms with Gasteiger partial charge in [-0.05, 0) is 56.0 Å². The monoisotopic (exact) mass is 280 g/mol. The Morgan fingerprint density at radius 2 is 2.26 bits per heavy atom. The summed E-state index contributed by atoms with van der Waals surface area (Å²) in [7, 11) is 2.22. The fourth-order valence-corrected chi connectivity index (χ4v) is 3.37. The van der Waals surface area contributed by atoms with Crippen LogP contribution in [0.5, 0.6) is 0 Å². The van der Waals surface area contributed by atoms with Gasteiger partial charge in [0.2, 0.25) is 0 Å². The number of benzene rings is 1. The van der Waals surface area contributed by atoms with Crippen molar-refractivity contribution in [1.29, 1.82) is 0 Å². The van der Waals surface area contributed by atoms with E-state index >= 15 is 0 Å². The molecule has 2 rings (SSSR count). The molecule has 0 bridgehead atoms. The molecule has 0 amide bonds. The van der Waals surface area contributed by atoms with Crippen LogP contribution in [0.3, 0.4) is 0 Å². The van der Waals surface area contributed by atoms with Gasteiger partial charge in [0.25, 0.3) is 0 Å². The van der Waals surface area contributed by atoms with Gasteiger partial charge in [-0.15, -0.1) is 0 Å². The van der Waals surface area contributed by atoms with Crippen LogP contribution in [0.15, 0.2) is 24.3 Å². The molecule has 1 aliphatic rings. The lowest BCUT2D eigenvalue weighted by Crippen LogP contribution is -2.46. The third-order valence-corrected chi connectivity index (χ3v) is 4.49. The molecule has 1 N–H and O–H groups in total. The van der Waals surface area contributed by atoms with Crippen molar-refractivity contribution in [3.8, 4) is 0 Å². The van der Waals surface area contributed by atoms with Gasteiger partial charge in [0.05, 0.1) is 0 Å². The van der Waals surface area contributed by atoms with E-state index in [0.717, 1.165) is 24.7 Å². The minimum absolute atomic E-state index is 0.450. The lowest BCUT2D eigenvalue weighted by atomic mass is 9.78. The highest BCUT2D eigenvalue weighted by Crippen LogP contribution is 2.31. The molecule has 0 saturated carbocycles. The Bertz CT molecular complexity index is 399. The minimum atomic E-state index is 0.450. The van der Waals surface area contributed by atoms with Crippen molar-refractivity contribution >= 4 is 11.6 Å². The lowest BCUT2D eigenvalue weighted by molar-refractivity contribution is 0.125. The molecule has 1 aromatic rings. The first kappa shape index (κ1) is 14.8. The average molecular weight is 281 g/mol. The molecular formula is C16H25ClN2. The highest BCUT2D eigenvalue weighted by Gasteiger charge is 2.31. The van der Waals surface area contributed by atoms with Crippen molar-refractivity contribution in [1.82, 2.24) is 10.2 Å². The topological polar surface area (TPSA) is 15.3 Å². The van der Waals surface area contributed by atoms with Gasteiger partial charge in [-0.3, -0.25) is 0 Å². The quantitative estimate of drug-likeness (QED) is 0.887. The predicted octanol–water partition coefficient (Wildman–Crippen LogP) is 3.55. The Balaban J connectivity index is 1.94. The number of piperidine rings is 1. The number of hydrogen-bond donors (Lipinski definition) is 1. The van der Waals surface area contributed by atoms with Crippen LogP contribution in [-0.4, -0.2) is 31.6 Å². The number of rotatable bonds is 5. The van der Waals surface area contributed by atoms with Gasteiger partial charge in [-0.25, -0.2) is 0 Å². The summed E-state index contributed by atoms with van der Waals surface area (Å²) in [6.45, 7) is 6.79. The summed E-state index contributed by atoms with van der Waals surface area (Å²) >= 11 is 6.05. The molecule has 19 heavy (non-hydrogen) atoms. The molecule has 3 heteroatoms. The second-order valence-electron chi connectivity index (χ2n) is 5.94. The summed E-state index contributed by atoms with van der Waals surface area (Å²) in [6, 6.07) is 8.18. The largest absolute Gasteiger partial charge is 0.316 e. The van der Waals surface area contributed by atoms with Crippen LogP contribution in [0.2, 0.25) is 5.02 Å². The molecular weight excluding hydrogens is 256 g/mol. The first-order valence-corrected chi connectivity index (χ1v) is 7.65. The van der Waals surface area contributed by atoms with Crippen molar-refractivity contribution in [3.63, 3.8) is 0 Å². The molecule has 0 aliphatic carbocycles. The van der Waals surface area contributed by atoms with E-state index in [1.165, 1.54) is 31.4 Å². The Morgan fingerprint density at radius 1 is 1.42 bits per heavy atom. The molecule has 1 aromatic carbocycles. The normalized spacial score (nSPS) is 23.8. The summed E-state index contributed by atoms with van der Waals surface area (Å²) in [6.07, 6.45) is 3.90. The molecule has 1 atom stereocenters. The van der Waals surface area contributed by atoms with Crippen molar-refractivity contribution in [3.05, 3.63) is 34.9 Å². The Kier molecular flexibility index (Phi) is 5.26. The van der Waals surface area contributed by atoms with Crippen LogP contribution in [0.4, 0.5) is 0 Å². The van der Waals surface area contributed by atoms with Crippen molar-refractivity contribution < 1.29 is 0 Å². The van der Waals surface area contributed by atoms with Crippen LogP contribution in [-0.2, 0) is 6.54 Å². The molecule has 106 valence electrons. The predicted molar refractivity (Wildman–Crippen MR) is 82.6 cm³/mol. The summed E-state index contributed by atoms with van der Waals surface area (Å²) in [5.41, 5.74) is 1.75. The Labute approximate surface area is 122 Å². The summed E-state index contributed by atoms with van der Waals surface area (Å²) in [4.78, 5) is 2.43. The lowest BCUT2D eigenvalue weighted by Gasteiger charge is -2.40. The van der Waals surface area contributed by atoms with Gasteiger partial charge < -0.3 is 10.2 Å². The second kappa shape index (κ2) is 6.74. The molecule has 1 saturated heterocycles. The van der Waals surface area contributed by atoms with Crippen LogP contribution >= 0.6 is 11.6 Å². The van der Waals surface area contributed by atoms with E-state index in [4.69, 9.17) is 11.6 Å². The van der Waals surface area contributed by atoms with Gasteiger partial charge in [0.1, 0.15) is 0 Å². The number of halogens is 1. The van der Waals surface area contributed by atoms with Crippen molar-refractivity contribution in [2.24, 2.45) is 5.41 Å². The van der Waals surface area contributed by atoms with E-state index in [-0.39, 0.29) is 0 Å². The Morgan fingerprint density at radius 3 is 2.89 bits per heavy atom. The van der Waals surface area contributed by atoms with Crippen molar-refractivity contribution in [2.45, 2.75) is 32.7 Å². The summed E-state index contributed by atoms with van der Waals surface area (Å²) in [5.74, 6) is 0. The Hall–Kier alpha value is -0.570. The average Bonchev–Trinajstić information content (AvgIpc) is 2.39. The SMILES string of the molecule is CCC1(CN(C)Cc2cccc(Cl)c2)CCCNC1. The molecule has 1 fully saturated rings. The second-order valence-corrected chi connectivity index (χ2v) is 6.37. The number of nitrogens with one attached hydrogen (secondary N) is 1. The third-order valence-electron chi connectivity index (χ3n) is 4.26. The van der Waals surface area contributed by atoms with Crippen LogP contribution in [0.25, 0.3) is 0 Å².